The van der Waals surface area contributed by atoms with E-state index in [1.54, 1.807) is 6.20 Å². The van der Waals surface area contributed by atoms with Crippen molar-refractivity contribution in [2.75, 3.05) is 43.4 Å². The fourth-order valence-corrected chi connectivity index (χ4v) is 4.46. The number of H-pyrrole nitrogens is 1. The molecule has 0 bridgehead atoms. The first-order valence-corrected chi connectivity index (χ1v) is 10.7. The fraction of sp³-hybridized carbons (Fsp3) is 0.455. The monoisotopic (exact) mass is 405 g/mol. The van der Waals surface area contributed by atoms with Crippen LogP contribution in [0.1, 0.15) is 37.3 Å². The predicted octanol–water partition coefficient (Wildman–Crippen LogP) is 2.87. The summed E-state index contributed by atoms with van der Waals surface area (Å²) in [7, 11) is 2.16. The van der Waals surface area contributed by atoms with Gasteiger partial charge in [0.05, 0.1) is 11.1 Å². The van der Waals surface area contributed by atoms with Crippen molar-refractivity contribution >= 4 is 28.2 Å². The molecule has 0 radical (unpaired) electrons. The van der Waals surface area contributed by atoms with Gasteiger partial charge in [-0.15, -0.1) is 0 Å². The van der Waals surface area contributed by atoms with E-state index in [1.807, 2.05) is 0 Å². The predicted molar refractivity (Wildman–Crippen MR) is 119 cm³/mol. The number of hydrogen-bond donors (Lipinski definition) is 2. The molecular weight excluding hydrogens is 378 g/mol. The number of nitrogens with one attached hydrogen (secondary N) is 2. The van der Waals surface area contributed by atoms with E-state index in [2.05, 4.69) is 66.6 Å². The smallest absolute Gasteiger partial charge is 0.275 e. The maximum Gasteiger partial charge on any atom is 0.275 e. The molecule has 1 aliphatic carbocycles. The first-order valence-electron chi connectivity index (χ1n) is 10.7. The van der Waals surface area contributed by atoms with Gasteiger partial charge in [-0.3, -0.25) is 4.79 Å². The number of rotatable bonds is 4. The van der Waals surface area contributed by atoms with Crippen LogP contribution in [0.15, 0.2) is 35.3 Å². The Hall–Kier alpha value is -3.00. The molecule has 156 valence electrons. The van der Waals surface area contributed by atoms with Gasteiger partial charge in [-0.25, -0.2) is 15.1 Å². The van der Waals surface area contributed by atoms with Crippen molar-refractivity contribution in [2.24, 2.45) is 0 Å². The van der Waals surface area contributed by atoms with Gasteiger partial charge in [0.2, 0.25) is 5.95 Å². The van der Waals surface area contributed by atoms with Gasteiger partial charge in [-0.05, 0) is 44.2 Å². The van der Waals surface area contributed by atoms with Crippen molar-refractivity contribution in [3.05, 3.63) is 46.5 Å². The number of fused-ring (bicyclic) bond motifs is 1. The minimum atomic E-state index is -0.241. The number of hydrogen-bond acceptors (Lipinski definition) is 7. The topological polar surface area (TPSA) is 90.0 Å². The second kappa shape index (κ2) is 8.02. The zero-order chi connectivity index (χ0) is 20.5. The average molecular weight is 406 g/mol. The highest BCUT2D eigenvalue weighted by Gasteiger charge is 2.23. The van der Waals surface area contributed by atoms with Crippen LogP contribution in [-0.4, -0.2) is 58.3 Å². The van der Waals surface area contributed by atoms with Gasteiger partial charge in [0.25, 0.3) is 5.56 Å². The minimum Gasteiger partial charge on any atom is -0.369 e. The standard InChI is InChI=1S/C22H27N7O/c1-28-10-12-29(13-11-28)17-8-6-16(7-9-17)24-22-23-14-18-20(25-22)19(26-27-21(18)30)15-4-2-3-5-15/h6-9,14-15H,2-5,10-13H2,1H3,(H,27,30)(H,23,24,25). The lowest BCUT2D eigenvalue weighted by molar-refractivity contribution is 0.313. The van der Waals surface area contributed by atoms with E-state index in [0.717, 1.165) is 50.4 Å². The molecule has 8 heteroatoms. The first kappa shape index (κ1) is 19.0. The van der Waals surface area contributed by atoms with Crippen LogP contribution in [-0.2, 0) is 0 Å². The zero-order valence-electron chi connectivity index (χ0n) is 17.3. The summed E-state index contributed by atoms with van der Waals surface area (Å²) in [6.45, 7) is 4.26. The molecule has 8 nitrogen and oxygen atoms in total. The van der Waals surface area contributed by atoms with E-state index >= 15 is 0 Å². The maximum absolute atomic E-state index is 12.2. The third-order valence-corrected chi connectivity index (χ3v) is 6.29. The quantitative estimate of drug-likeness (QED) is 0.690. The van der Waals surface area contributed by atoms with E-state index in [9.17, 15) is 4.79 Å². The highest BCUT2D eigenvalue weighted by molar-refractivity contribution is 5.80. The van der Waals surface area contributed by atoms with Crippen molar-refractivity contribution in [3.63, 3.8) is 0 Å². The summed E-state index contributed by atoms with van der Waals surface area (Å²) in [4.78, 5) is 26.0. The van der Waals surface area contributed by atoms with E-state index < -0.39 is 0 Å². The molecule has 1 aliphatic heterocycles. The molecular formula is C22H27N7O. The Morgan fingerprint density at radius 1 is 1.07 bits per heavy atom. The van der Waals surface area contributed by atoms with Crippen molar-refractivity contribution in [3.8, 4) is 0 Å². The molecule has 0 spiro atoms. The Balaban J connectivity index is 1.38. The van der Waals surface area contributed by atoms with Crippen molar-refractivity contribution in [2.45, 2.75) is 31.6 Å². The number of piperazine rings is 1. The van der Waals surface area contributed by atoms with Gasteiger partial charge in [0.1, 0.15) is 5.52 Å². The summed E-state index contributed by atoms with van der Waals surface area (Å²) in [5, 5.41) is 10.7. The first-order chi connectivity index (χ1) is 14.7. The van der Waals surface area contributed by atoms with Gasteiger partial charge in [0, 0.05) is 49.7 Å². The van der Waals surface area contributed by atoms with E-state index in [-0.39, 0.29) is 5.56 Å². The van der Waals surface area contributed by atoms with E-state index in [0.29, 0.717) is 22.8 Å². The molecule has 0 atom stereocenters. The third-order valence-electron chi connectivity index (χ3n) is 6.29. The summed E-state index contributed by atoms with van der Waals surface area (Å²) in [5.74, 6) is 0.844. The Bertz CT molecular complexity index is 1080. The normalized spacial score (nSPS) is 18.2. The molecule has 5 rings (SSSR count). The van der Waals surface area contributed by atoms with Crippen LogP contribution >= 0.6 is 0 Å². The van der Waals surface area contributed by atoms with Gasteiger partial charge in [-0.2, -0.15) is 5.10 Å². The lowest BCUT2D eigenvalue weighted by Gasteiger charge is -2.34. The molecule has 1 saturated carbocycles. The largest absolute Gasteiger partial charge is 0.369 e. The number of anilines is 3. The highest BCUT2D eigenvalue weighted by atomic mass is 16.1. The van der Waals surface area contributed by atoms with Gasteiger partial charge in [-0.1, -0.05) is 12.8 Å². The lowest BCUT2D eigenvalue weighted by Crippen LogP contribution is -2.44. The lowest BCUT2D eigenvalue weighted by atomic mass is 10.0. The third kappa shape index (κ3) is 3.75. The van der Waals surface area contributed by atoms with Crippen LogP contribution in [0.5, 0.6) is 0 Å². The molecule has 2 aliphatic rings. The molecule has 3 heterocycles. The van der Waals surface area contributed by atoms with Crippen LogP contribution in [0, 0.1) is 0 Å². The zero-order valence-corrected chi connectivity index (χ0v) is 17.3. The van der Waals surface area contributed by atoms with Crippen LogP contribution in [0.3, 0.4) is 0 Å². The van der Waals surface area contributed by atoms with E-state index in [4.69, 9.17) is 0 Å². The molecule has 3 aromatic rings. The van der Waals surface area contributed by atoms with Crippen LogP contribution in [0.4, 0.5) is 17.3 Å². The minimum absolute atomic E-state index is 0.241. The van der Waals surface area contributed by atoms with Gasteiger partial charge in [0.15, 0.2) is 0 Å². The van der Waals surface area contributed by atoms with Crippen LogP contribution in [0.2, 0.25) is 0 Å². The summed E-state index contributed by atoms with van der Waals surface area (Å²) in [6, 6.07) is 8.36. The summed E-state index contributed by atoms with van der Waals surface area (Å²) >= 11 is 0. The van der Waals surface area contributed by atoms with Crippen LogP contribution in [0.25, 0.3) is 10.9 Å². The number of aromatic nitrogens is 4. The second-order valence-electron chi connectivity index (χ2n) is 8.34. The fourth-order valence-electron chi connectivity index (χ4n) is 4.46. The molecule has 2 fully saturated rings. The van der Waals surface area contributed by atoms with Crippen molar-refractivity contribution < 1.29 is 0 Å². The summed E-state index contributed by atoms with van der Waals surface area (Å²) < 4.78 is 0. The van der Waals surface area contributed by atoms with Crippen LogP contribution < -0.4 is 15.8 Å². The molecule has 1 aromatic carbocycles. The molecule has 0 amide bonds. The molecule has 2 N–H and O–H groups in total. The Morgan fingerprint density at radius 2 is 1.80 bits per heavy atom. The number of nitrogens with zero attached hydrogens (tertiary/aromatic N) is 5. The molecule has 1 saturated heterocycles. The number of likely N-dealkylation sites (N-methyl/N-ethyl adjacent to an activating group) is 1. The Kier molecular flexibility index (Phi) is 5.08. The average Bonchev–Trinajstić information content (AvgIpc) is 3.30. The maximum atomic E-state index is 12.2. The van der Waals surface area contributed by atoms with Crippen molar-refractivity contribution in [1.29, 1.82) is 0 Å². The highest BCUT2D eigenvalue weighted by Crippen LogP contribution is 2.35. The molecule has 0 unspecified atom stereocenters. The second-order valence-corrected chi connectivity index (χ2v) is 8.34. The van der Waals surface area contributed by atoms with Gasteiger partial charge < -0.3 is 15.1 Å². The Labute approximate surface area is 175 Å². The summed E-state index contributed by atoms with van der Waals surface area (Å²) in [6.07, 6.45) is 6.18. The molecule has 30 heavy (non-hydrogen) atoms. The number of benzene rings is 1. The Morgan fingerprint density at radius 3 is 2.53 bits per heavy atom. The summed E-state index contributed by atoms with van der Waals surface area (Å²) in [5.41, 5.74) is 3.46. The van der Waals surface area contributed by atoms with Crippen molar-refractivity contribution in [1.82, 2.24) is 25.1 Å². The SMILES string of the molecule is CN1CCN(c2ccc(Nc3ncc4c(=O)[nH]nc(C5CCCC5)c4n3)cc2)CC1. The number of aromatic amines is 1. The van der Waals surface area contributed by atoms with Gasteiger partial charge >= 0.3 is 0 Å². The van der Waals surface area contributed by atoms with E-state index in [1.165, 1.54) is 18.5 Å². The molecule has 2 aromatic heterocycles.